The Hall–Kier alpha value is -2.14. The van der Waals surface area contributed by atoms with Crippen LogP contribution in [-0.4, -0.2) is 27.1 Å². The minimum atomic E-state index is -0.716. The SMILES string of the molecule is O=C(O)C[C@H]1CC[C@H](Oc2ccnc(Cc3ccc(Cl)cc3)n2)CC1. The first-order chi connectivity index (χ1) is 12.1. The number of aliphatic carboxylic acids is 1. The van der Waals surface area contributed by atoms with Crippen LogP contribution in [0.2, 0.25) is 5.02 Å². The standard InChI is InChI=1S/C19H21ClN2O3/c20-15-5-1-13(2-6-15)11-17-21-10-9-18(22-17)25-16-7-3-14(4-8-16)12-19(23)24/h1-2,5-6,9-10,14,16H,3-4,7-8,11-12H2,(H,23,24)/t14-,16-. The monoisotopic (exact) mass is 360 g/mol. The zero-order chi connectivity index (χ0) is 17.6. The van der Waals surface area contributed by atoms with E-state index in [-0.39, 0.29) is 18.4 Å². The number of hydrogen-bond acceptors (Lipinski definition) is 4. The van der Waals surface area contributed by atoms with Gasteiger partial charge >= 0.3 is 5.97 Å². The fourth-order valence-corrected chi connectivity index (χ4v) is 3.31. The Morgan fingerprint density at radius 1 is 1.16 bits per heavy atom. The predicted octanol–water partition coefficient (Wildman–Crippen LogP) is 4.13. The van der Waals surface area contributed by atoms with Gasteiger partial charge in [-0.2, -0.15) is 4.98 Å². The Kier molecular flexibility index (Phi) is 5.87. The smallest absolute Gasteiger partial charge is 0.303 e. The molecule has 0 saturated heterocycles. The van der Waals surface area contributed by atoms with Crippen LogP contribution in [0.25, 0.3) is 0 Å². The van der Waals surface area contributed by atoms with E-state index in [9.17, 15) is 4.79 Å². The quantitative estimate of drug-likeness (QED) is 0.838. The van der Waals surface area contributed by atoms with Gasteiger partial charge in [-0.15, -0.1) is 0 Å². The molecular formula is C19H21ClN2O3. The Morgan fingerprint density at radius 3 is 2.56 bits per heavy atom. The van der Waals surface area contributed by atoms with Crippen molar-refractivity contribution in [1.82, 2.24) is 9.97 Å². The molecule has 1 fully saturated rings. The molecule has 1 N–H and O–H groups in total. The van der Waals surface area contributed by atoms with E-state index in [0.29, 0.717) is 23.1 Å². The topological polar surface area (TPSA) is 72.3 Å². The van der Waals surface area contributed by atoms with Gasteiger partial charge in [-0.1, -0.05) is 23.7 Å². The molecule has 3 rings (SSSR count). The molecule has 132 valence electrons. The zero-order valence-corrected chi connectivity index (χ0v) is 14.7. The van der Waals surface area contributed by atoms with Crippen molar-refractivity contribution in [2.45, 2.75) is 44.6 Å². The third-order valence-electron chi connectivity index (χ3n) is 4.50. The molecule has 1 aromatic carbocycles. The van der Waals surface area contributed by atoms with Crippen LogP contribution in [0.5, 0.6) is 5.88 Å². The molecule has 1 aliphatic rings. The van der Waals surface area contributed by atoms with E-state index in [0.717, 1.165) is 31.2 Å². The first-order valence-corrected chi connectivity index (χ1v) is 8.91. The minimum absolute atomic E-state index is 0.100. The summed E-state index contributed by atoms with van der Waals surface area (Å²) in [5, 5.41) is 9.59. The molecule has 1 aromatic heterocycles. The van der Waals surface area contributed by atoms with Crippen LogP contribution in [-0.2, 0) is 11.2 Å². The van der Waals surface area contributed by atoms with E-state index >= 15 is 0 Å². The average Bonchev–Trinajstić information content (AvgIpc) is 2.59. The summed E-state index contributed by atoms with van der Waals surface area (Å²) >= 11 is 5.90. The van der Waals surface area contributed by atoms with Crippen LogP contribution in [0.3, 0.4) is 0 Å². The lowest BCUT2D eigenvalue weighted by Crippen LogP contribution is -2.25. The van der Waals surface area contributed by atoms with Gasteiger partial charge in [0.1, 0.15) is 11.9 Å². The molecule has 0 radical (unpaired) electrons. The van der Waals surface area contributed by atoms with Crippen molar-refractivity contribution < 1.29 is 14.6 Å². The second kappa shape index (κ2) is 8.30. The maximum absolute atomic E-state index is 10.8. The third-order valence-corrected chi connectivity index (χ3v) is 4.75. The summed E-state index contributed by atoms with van der Waals surface area (Å²) in [6.45, 7) is 0. The third kappa shape index (κ3) is 5.43. The number of carbonyl (C=O) groups is 1. The average molecular weight is 361 g/mol. The number of hydrogen-bond donors (Lipinski definition) is 1. The van der Waals surface area contributed by atoms with Crippen molar-refractivity contribution in [2.75, 3.05) is 0 Å². The van der Waals surface area contributed by atoms with Gasteiger partial charge in [-0.3, -0.25) is 4.79 Å². The van der Waals surface area contributed by atoms with Crippen LogP contribution < -0.4 is 4.74 Å². The normalized spacial score (nSPS) is 20.2. The molecule has 1 saturated carbocycles. The second-order valence-electron chi connectivity index (χ2n) is 6.47. The fourth-order valence-electron chi connectivity index (χ4n) is 3.19. The van der Waals surface area contributed by atoms with Gasteiger partial charge < -0.3 is 9.84 Å². The highest BCUT2D eigenvalue weighted by Gasteiger charge is 2.24. The molecule has 0 unspecified atom stereocenters. The molecular weight excluding hydrogens is 340 g/mol. The molecule has 0 spiro atoms. The summed E-state index contributed by atoms with van der Waals surface area (Å²) in [6.07, 6.45) is 6.21. The summed E-state index contributed by atoms with van der Waals surface area (Å²) < 4.78 is 5.99. The first kappa shape index (κ1) is 17.7. The van der Waals surface area contributed by atoms with E-state index in [1.807, 2.05) is 24.3 Å². The molecule has 0 bridgehead atoms. The number of nitrogens with zero attached hydrogens (tertiary/aromatic N) is 2. The van der Waals surface area contributed by atoms with E-state index in [4.69, 9.17) is 21.4 Å². The van der Waals surface area contributed by atoms with Gasteiger partial charge in [0.25, 0.3) is 0 Å². The Labute approximate surface area is 152 Å². The van der Waals surface area contributed by atoms with Crippen molar-refractivity contribution >= 4 is 17.6 Å². The lowest BCUT2D eigenvalue weighted by molar-refractivity contribution is -0.138. The van der Waals surface area contributed by atoms with Gasteiger partial charge in [-0.05, 0) is 49.3 Å². The van der Waals surface area contributed by atoms with Crippen molar-refractivity contribution in [3.05, 3.63) is 52.9 Å². The molecule has 1 heterocycles. The number of ether oxygens (including phenoxy) is 1. The van der Waals surface area contributed by atoms with Crippen LogP contribution >= 0.6 is 11.6 Å². The van der Waals surface area contributed by atoms with E-state index in [2.05, 4.69) is 9.97 Å². The van der Waals surface area contributed by atoms with E-state index < -0.39 is 5.97 Å². The van der Waals surface area contributed by atoms with Gasteiger partial charge in [0.15, 0.2) is 0 Å². The Balaban J connectivity index is 1.55. The van der Waals surface area contributed by atoms with Gasteiger partial charge in [0.05, 0.1) is 0 Å². The minimum Gasteiger partial charge on any atom is -0.481 e. The molecule has 6 heteroatoms. The van der Waals surface area contributed by atoms with Gasteiger partial charge in [0.2, 0.25) is 5.88 Å². The van der Waals surface area contributed by atoms with Crippen molar-refractivity contribution in [3.63, 3.8) is 0 Å². The highest BCUT2D eigenvalue weighted by atomic mass is 35.5. The summed E-state index contributed by atoms with van der Waals surface area (Å²) in [5.74, 6) is 0.843. The first-order valence-electron chi connectivity index (χ1n) is 8.53. The van der Waals surface area contributed by atoms with Crippen molar-refractivity contribution in [2.24, 2.45) is 5.92 Å². The van der Waals surface area contributed by atoms with Gasteiger partial charge in [0, 0.05) is 30.1 Å². The molecule has 0 atom stereocenters. The lowest BCUT2D eigenvalue weighted by atomic mass is 9.85. The van der Waals surface area contributed by atoms with Crippen molar-refractivity contribution in [1.29, 1.82) is 0 Å². The Morgan fingerprint density at radius 2 is 1.88 bits per heavy atom. The second-order valence-corrected chi connectivity index (χ2v) is 6.91. The number of halogens is 1. The number of benzene rings is 1. The Bertz CT molecular complexity index is 713. The summed E-state index contributed by atoms with van der Waals surface area (Å²) in [5.41, 5.74) is 1.09. The predicted molar refractivity (Wildman–Crippen MR) is 94.9 cm³/mol. The van der Waals surface area contributed by atoms with Crippen LogP contribution in [0.1, 0.15) is 43.5 Å². The number of carboxylic acids is 1. The van der Waals surface area contributed by atoms with Crippen LogP contribution in [0, 0.1) is 5.92 Å². The molecule has 2 aromatic rings. The van der Waals surface area contributed by atoms with E-state index in [1.54, 1.807) is 12.3 Å². The van der Waals surface area contributed by atoms with Crippen molar-refractivity contribution in [3.8, 4) is 5.88 Å². The molecule has 1 aliphatic carbocycles. The largest absolute Gasteiger partial charge is 0.481 e. The molecule has 25 heavy (non-hydrogen) atoms. The molecule has 5 nitrogen and oxygen atoms in total. The fraction of sp³-hybridized carbons (Fsp3) is 0.421. The zero-order valence-electron chi connectivity index (χ0n) is 13.9. The van der Waals surface area contributed by atoms with Crippen LogP contribution in [0.15, 0.2) is 36.5 Å². The maximum atomic E-state index is 10.8. The lowest BCUT2D eigenvalue weighted by Gasteiger charge is -2.27. The summed E-state index contributed by atoms with van der Waals surface area (Å²) in [4.78, 5) is 19.6. The number of carboxylic acid groups (broad SMARTS) is 1. The number of rotatable bonds is 6. The molecule has 0 aliphatic heterocycles. The van der Waals surface area contributed by atoms with Gasteiger partial charge in [-0.25, -0.2) is 4.98 Å². The number of aromatic nitrogens is 2. The summed E-state index contributed by atoms with van der Waals surface area (Å²) in [6, 6.07) is 9.40. The maximum Gasteiger partial charge on any atom is 0.303 e. The highest BCUT2D eigenvalue weighted by molar-refractivity contribution is 6.30. The van der Waals surface area contributed by atoms with E-state index in [1.165, 1.54) is 0 Å². The highest BCUT2D eigenvalue weighted by Crippen LogP contribution is 2.29. The summed E-state index contributed by atoms with van der Waals surface area (Å²) in [7, 11) is 0. The van der Waals surface area contributed by atoms with Crippen LogP contribution in [0.4, 0.5) is 0 Å². The molecule has 0 amide bonds.